The Labute approximate surface area is 149 Å². The van der Waals surface area contributed by atoms with E-state index in [2.05, 4.69) is 26.1 Å². The van der Waals surface area contributed by atoms with E-state index in [0.29, 0.717) is 17.6 Å². The number of methoxy groups -OCH3 is 2. The molecule has 0 fully saturated rings. The molecule has 1 rings (SSSR count). The highest BCUT2D eigenvalue weighted by molar-refractivity contribution is 9.10. The number of ether oxygens (including phenoxy) is 2. The van der Waals surface area contributed by atoms with E-state index < -0.39 is 16.5 Å². The summed E-state index contributed by atoms with van der Waals surface area (Å²) in [6, 6.07) is 1.41. The molecule has 0 aliphatic rings. The molecule has 0 unspecified atom stereocenters. The van der Waals surface area contributed by atoms with Crippen LogP contribution in [0.3, 0.4) is 0 Å². The van der Waals surface area contributed by atoms with E-state index in [4.69, 9.17) is 9.47 Å². The molecule has 0 heterocycles. The molecule has 0 bridgehead atoms. The first-order valence-corrected chi connectivity index (χ1v) is 8.29. The SMILES string of the molecule is CCN(CC)CCNC(=O)c1c(OC)c(Br)cc(OC)c1[N+](=O)[O-]. The molecule has 24 heavy (non-hydrogen) atoms. The predicted molar refractivity (Wildman–Crippen MR) is 94.0 cm³/mol. The second kappa shape index (κ2) is 9.43. The number of carbonyl (C=O) groups is 1. The largest absolute Gasteiger partial charge is 0.494 e. The van der Waals surface area contributed by atoms with Gasteiger partial charge in [0.15, 0.2) is 17.1 Å². The third kappa shape index (κ3) is 4.57. The Morgan fingerprint density at radius 1 is 1.33 bits per heavy atom. The summed E-state index contributed by atoms with van der Waals surface area (Å²) in [6.07, 6.45) is 0. The molecule has 0 atom stereocenters. The second-order valence-electron chi connectivity index (χ2n) is 4.86. The number of hydrogen-bond donors (Lipinski definition) is 1. The van der Waals surface area contributed by atoms with Gasteiger partial charge in [0, 0.05) is 19.2 Å². The second-order valence-corrected chi connectivity index (χ2v) is 5.71. The van der Waals surface area contributed by atoms with Crippen LogP contribution in [0, 0.1) is 10.1 Å². The van der Waals surface area contributed by atoms with Gasteiger partial charge in [-0.2, -0.15) is 0 Å². The Bertz CT molecular complexity index is 605. The van der Waals surface area contributed by atoms with E-state index in [-0.39, 0.29) is 17.1 Å². The lowest BCUT2D eigenvalue weighted by Gasteiger charge is -2.18. The zero-order chi connectivity index (χ0) is 18.3. The Morgan fingerprint density at radius 3 is 2.42 bits per heavy atom. The predicted octanol–water partition coefficient (Wildman–Crippen LogP) is 2.45. The van der Waals surface area contributed by atoms with Crippen molar-refractivity contribution in [3.05, 3.63) is 26.2 Å². The number of carbonyl (C=O) groups excluding carboxylic acids is 1. The Morgan fingerprint density at radius 2 is 1.96 bits per heavy atom. The van der Waals surface area contributed by atoms with Crippen molar-refractivity contribution in [2.24, 2.45) is 0 Å². The standard InChI is InChI=1S/C15H22BrN3O5/c1-5-18(6-2)8-7-17-15(20)12-13(19(21)22)11(23-3)9-10(16)14(12)24-4/h9H,5-8H2,1-4H3,(H,17,20). The van der Waals surface area contributed by atoms with Crippen molar-refractivity contribution in [2.45, 2.75) is 13.8 Å². The Kier molecular flexibility index (Phi) is 7.93. The summed E-state index contributed by atoms with van der Waals surface area (Å²) >= 11 is 3.25. The number of likely N-dealkylation sites (N-methyl/N-ethyl adjacent to an activating group) is 1. The average Bonchev–Trinajstić information content (AvgIpc) is 2.56. The van der Waals surface area contributed by atoms with Crippen LogP contribution in [-0.2, 0) is 0 Å². The molecule has 9 heteroatoms. The number of nitro groups is 1. The van der Waals surface area contributed by atoms with Gasteiger partial charge in [0.05, 0.1) is 23.6 Å². The van der Waals surface area contributed by atoms with Crippen LogP contribution in [-0.4, -0.2) is 56.1 Å². The molecular weight excluding hydrogens is 382 g/mol. The molecular formula is C15H22BrN3O5. The number of benzene rings is 1. The molecule has 1 amide bonds. The number of hydrogen-bond acceptors (Lipinski definition) is 6. The van der Waals surface area contributed by atoms with Crippen molar-refractivity contribution in [1.29, 1.82) is 0 Å². The first-order valence-electron chi connectivity index (χ1n) is 7.50. The van der Waals surface area contributed by atoms with Crippen LogP contribution >= 0.6 is 15.9 Å². The molecule has 1 N–H and O–H groups in total. The summed E-state index contributed by atoms with van der Waals surface area (Å²) in [5.41, 5.74) is -0.578. The topological polar surface area (TPSA) is 93.9 Å². The lowest BCUT2D eigenvalue weighted by atomic mass is 10.1. The van der Waals surface area contributed by atoms with Crippen LogP contribution in [0.15, 0.2) is 10.5 Å². The van der Waals surface area contributed by atoms with Gasteiger partial charge in [0.1, 0.15) is 0 Å². The molecule has 0 radical (unpaired) electrons. The summed E-state index contributed by atoms with van der Waals surface area (Å²) < 4.78 is 10.6. The van der Waals surface area contributed by atoms with Crippen LogP contribution in [0.5, 0.6) is 11.5 Å². The highest BCUT2D eigenvalue weighted by atomic mass is 79.9. The number of nitrogens with zero attached hydrogens (tertiary/aromatic N) is 2. The molecule has 134 valence electrons. The van der Waals surface area contributed by atoms with Gasteiger partial charge >= 0.3 is 5.69 Å². The first-order chi connectivity index (χ1) is 11.4. The van der Waals surface area contributed by atoms with Crippen molar-refractivity contribution in [3.8, 4) is 11.5 Å². The van der Waals surface area contributed by atoms with E-state index in [1.165, 1.54) is 20.3 Å². The fourth-order valence-electron chi connectivity index (χ4n) is 2.30. The summed E-state index contributed by atoms with van der Waals surface area (Å²) in [4.78, 5) is 25.5. The molecule has 1 aromatic rings. The smallest absolute Gasteiger partial charge is 0.327 e. The van der Waals surface area contributed by atoms with E-state index in [1.54, 1.807) is 0 Å². The number of rotatable bonds is 9. The summed E-state index contributed by atoms with van der Waals surface area (Å²) in [5, 5.41) is 14.1. The Balaban J connectivity index is 3.17. The third-order valence-corrected chi connectivity index (χ3v) is 4.20. The molecule has 0 aliphatic carbocycles. The summed E-state index contributed by atoms with van der Waals surface area (Å²) in [5.74, 6) is -0.491. The van der Waals surface area contributed by atoms with E-state index in [1.807, 2.05) is 13.8 Å². The van der Waals surface area contributed by atoms with Gasteiger partial charge in [-0.1, -0.05) is 13.8 Å². The summed E-state index contributed by atoms with van der Waals surface area (Å²) in [7, 11) is 2.66. The number of amides is 1. The molecule has 0 saturated heterocycles. The van der Waals surface area contributed by atoms with Crippen molar-refractivity contribution in [3.63, 3.8) is 0 Å². The van der Waals surface area contributed by atoms with Gasteiger partial charge in [-0.05, 0) is 29.0 Å². The number of nitro benzene ring substituents is 1. The van der Waals surface area contributed by atoms with Crippen LogP contribution in [0.2, 0.25) is 0 Å². The van der Waals surface area contributed by atoms with Crippen molar-refractivity contribution >= 4 is 27.5 Å². The van der Waals surface area contributed by atoms with Gasteiger partial charge < -0.3 is 19.7 Å². The molecule has 0 spiro atoms. The van der Waals surface area contributed by atoms with Gasteiger partial charge in [-0.3, -0.25) is 14.9 Å². The van der Waals surface area contributed by atoms with E-state index >= 15 is 0 Å². The van der Waals surface area contributed by atoms with Gasteiger partial charge in [-0.15, -0.1) is 0 Å². The van der Waals surface area contributed by atoms with Crippen LogP contribution in [0.1, 0.15) is 24.2 Å². The maximum absolute atomic E-state index is 12.5. The summed E-state index contributed by atoms with van der Waals surface area (Å²) in [6.45, 7) is 6.80. The fourth-order valence-corrected chi connectivity index (χ4v) is 2.87. The minimum Gasteiger partial charge on any atom is -0.494 e. The van der Waals surface area contributed by atoms with E-state index in [9.17, 15) is 14.9 Å². The fraction of sp³-hybridized carbons (Fsp3) is 0.533. The van der Waals surface area contributed by atoms with Crippen LogP contribution in [0.25, 0.3) is 0 Å². The maximum Gasteiger partial charge on any atom is 0.327 e. The van der Waals surface area contributed by atoms with Crippen molar-refractivity contribution in [2.75, 3.05) is 40.4 Å². The van der Waals surface area contributed by atoms with Crippen LogP contribution < -0.4 is 14.8 Å². The van der Waals surface area contributed by atoms with E-state index in [0.717, 1.165) is 13.1 Å². The zero-order valence-corrected chi connectivity index (χ0v) is 15.8. The average molecular weight is 404 g/mol. The van der Waals surface area contributed by atoms with Gasteiger partial charge in [0.2, 0.25) is 0 Å². The highest BCUT2D eigenvalue weighted by Gasteiger charge is 2.32. The maximum atomic E-state index is 12.5. The molecule has 1 aromatic carbocycles. The highest BCUT2D eigenvalue weighted by Crippen LogP contribution is 2.42. The minimum absolute atomic E-state index is 0.0124. The molecule has 8 nitrogen and oxygen atoms in total. The van der Waals surface area contributed by atoms with Crippen molar-refractivity contribution in [1.82, 2.24) is 10.2 Å². The number of halogens is 1. The Hall–Kier alpha value is -1.87. The van der Waals surface area contributed by atoms with Crippen LogP contribution in [0.4, 0.5) is 5.69 Å². The first kappa shape index (κ1) is 20.2. The lowest BCUT2D eigenvalue weighted by Crippen LogP contribution is -2.35. The number of nitrogens with one attached hydrogen (secondary N) is 1. The lowest BCUT2D eigenvalue weighted by molar-refractivity contribution is -0.386. The third-order valence-electron chi connectivity index (χ3n) is 3.61. The van der Waals surface area contributed by atoms with Crippen molar-refractivity contribution < 1.29 is 19.2 Å². The molecule has 0 aliphatic heterocycles. The quantitative estimate of drug-likeness (QED) is 0.502. The monoisotopic (exact) mass is 403 g/mol. The zero-order valence-electron chi connectivity index (χ0n) is 14.2. The molecule has 0 saturated carbocycles. The van der Waals surface area contributed by atoms with Gasteiger partial charge in [-0.25, -0.2) is 0 Å². The normalized spacial score (nSPS) is 10.6. The molecule has 0 aromatic heterocycles. The minimum atomic E-state index is -0.646. The van der Waals surface area contributed by atoms with Gasteiger partial charge in [0.25, 0.3) is 5.91 Å².